The van der Waals surface area contributed by atoms with Crippen LogP contribution in [0.25, 0.3) is 10.9 Å². The smallest absolute Gasteiger partial charge is 0.261 e. The van der Waals surface area contributed by atoms with E-state index in [1.807, 2.05) is 29.2 Å². The van der Waals surface area contributed by atoms with Gasteiger partial charge in [-0.1, -0.05) is 18.2 Å². The molecule has 0 bridgehead atoms. The van der Waals surface area contributed by atoms with Crippen molar-refractivity contribution in [3.63, 3.8) is 0 Å². The summed E-state index contributed by atoms with van der Waals surface area (Å²) in [5.41, 5.74) is 0.719. The molecule has 4 rings (SSSR count). The van der Waals surface area contributed by atoms with Crippen LogP contribution in [0.1, 0.15) is 10.4 Å². The fraction of sp³-hybridized carbons (Fsp3) is 0.375. The van der Waals surface area contributed by atoms with E-state index in [0.29, 0.717) is 11.8 Å². The third-order valence-corrected chi connectivity index (χ3v) is 4.66. The first-order valence-electron chi connectivity index (χ1n) is 7.34. The van der Waals surface area contributed by atoms with E-state index in [1.165, 1.54) is 0 Å². The first kappa shape index (κ1) is 15.1. The molecule has 2 aliphatic heterocycles. The molecule has 2 N–H and O–H groups in total. The number of H-pyrrole nitrogens is 1. The van der Waals surface area contributed by atoms with Crippen molar-refractivity contribution >= 4 is 29.2 Å². The highest BCUT2D eigenvalue weighted by Gasteiger charge is 2.38. The number of carbonyl (C=O) groups is 1. The van der Waals surface area contributed by atoms with Crippen LogP contribution >= 0.6 is 12.4 Å². The SMILES string of the molecule is Cl.O=C(c1cc2ccccc2[nH]c1=O)N1C[C@H]2CNC[C@H]2C1. The van der Waals surface area contributed by atoms with E-state index in [1.54, 1.807) is 6.07 Å². The second-order valence-corrected chi connectivity index (χ2v) is 5.99. The minimum Gasteiger partial charge on any atom is -0.338 e. The number of nitrogens with one attached hydrogen (secondary N) is 2. The molecule has 116 valence electrons. The third kappa shape index (κ3) is 2.40. The number of hydrogen-bond donors (Lipinski definition) is 2. The van der Waals surface area contributed by atoms with E-state index in [9.17, 15) is 9.59 Å². The standard InChI is InChI=1S/C16H17N3O2.ClH/c20-15-13(5-10-3-1-2-4-14(10)18-15)16(21)19-8-11-6-17-7-12(11)9-19;/h1-5,11-12,17H,6-9H2,(H,18,20);1H/t11-,12+;. The molecule has 1 aromatic heterocycles. The van der Waals surface area contributed by atoms with Gasteiger partial charge in [-0.3, -0.25) is 9.59 Å². The second kappa shape index (κ2) is 5.74. The third-order valence-electron chi connectivity index (χ3n) is 4.66. The van der Waals surface area contributed by atoms with Crippen LogP contribution in [-0.2, 0) is 0 Å². The van der Waals surface area contributed by atoms with Gasteiger partial charge in [0, 0.05) is 31.7 Å². The van der Waals surface area contributed by atoms with Crippen LogP contribution in [0, 0.1) is 11.8 Å². The monoisotopic (exact) mass is 319 g/mol. The van der Waals surface area contributed by atoms with Gasteiger partial charge in [0.05, 0.1) is 0 Å². The Kier molecular flexibility index (Phi) is 3.93. The van der Waals surface area contributed by atoms with Crippen LogP contribution in [0.15, 0.2) is 35.1 Å². The van der Waals surface area contributed by atoms with Gasteiger partial charge < -0.3 is 15.2 Å². The zero-order valence-electron chi connectivity index (χ0n) is 12.0. The molecule has 3 heterocycles. The average molecular weight is 320 g/mol. The van der Waals surface area contributed by atoms with Crippen LogP contribution in [0.2, 0.25) is 0 Å². The number of nitrogens with zero attached hydrogens (tertiary/aromatic N) is 1. The number of amides is 1. The molecule has 2 fully saturated rings. The molecule has 1 amide bonds. The molecule has 2 aliphatic rings. The summed E-state index contributed by atoms with van der Waals surface area (Å²) < 4.78 is 0. The summed E-state index contributed by atoms with van der Waals surface area (Å²) in [5, 5.41) is 4.24. The van der Waals surface area contributed by atoms with Crippen molar-refractivity contribution in [1.29, 1.82) is 0 Å². The molecule has 2 saturated heterocycles. The Morgan fingerprint density at radius 1 is 1.14 bits per heavy atom. The number of benzene rings is 1. The van der Waals surface area contributed by atoms with Crippen LogP contribution in [0.4, 0.5) is 0 Å². The van der Waals surface area contributed by atoms with E-state index in [2.05, 4.69) is 10.3 Å². The Balaban J connectivity index is 0.00000144. The summed E-state index contributed by atoms with van der Waals surface area (Å²) in [4.78, 5) is 29.4. The number of aromatic amines is 1. The van der Waals surface area contributed by atoms with Gasteiger partial charge >= 0.3 is 0 Å². The van der Waals surface area contributed by atoms with E-state index in [4.69, 9.17) is 0 Å². The molecule has 22 heavy (non-hydrogen) atoms. The average Bonchev–Trinajstić information content (AvgIpc) is 3.07. The minimum atomic E-state index is -0.297. The molecule has 1 aromatic carbocycles. The Morgan fingerprint density at radius 2 is 1.82 bits per heavy atom. The second-order valence-electron chi connectivity index (χ2n) is 5.99. The van der Waals surface area contributed by atoms with Crippen molar-refractivity contribution in [2.45, 2.75) is 0 Å². The van der Waals surface area contributed by atoms with Crippen molar-refractivity contribution in [2.24, 2.45) is 11.8 Å². The van der Waals surface area contributed by atoms with Crippen molar-refractivity contribution < 1.29 is 4.79 Å². The quantitative estimate of drug-likeness (QED) is 0.831. The van der Waals surface area contributed by atoms with Crippen LogP contribution in [0.3, 0.4) is 0 Å². The van der Waals surface area contributed by atoms with Gasteiger partial charge in [-0.15, -0.1) is 12.4 Å². The summed E-state index contributed by atoms with van der Waals surface area (Å²) in [6.45, 7) is 3.45. The van der Waals surface area contributed by atoms with Crippen molar-refractivity contribution in [3.8, 4) is 0 Å². The zero-order chi connectivity index (χ0) is 14.4. The predicted molar refractivity (Wildman–Crippen MR) is 87.6 cm³/mol. The molecule has 0 spiro atoms. The normalized spacial score (nSPS) is 23.4. The lowest BCUT2D eigenvalue weighted by Crippen LogP contribution is -2.35. The van der Waals surface area contributed by atoms with Crippen molar-refractivity contribution in [2.75, 3.05) is 26.2 Å². The Hall–Kier alpha value is -1.85. The minimum absolute atomic E-state index is 0. The van der Waals surface area contributed by atoms with Gasteiger partial charge in [0.25, 0.3) is 11.5 Å². The van der Waals surface area contributed by atoms with E-state index in [-0.39, 0.29) is 29.4 Å². The Labute approximate surface area is 134 Å². The van der Waals surface area contributed by atoms with Gasteiger partial charge in [0.15, 0.2) is 0 Å². The number of fused-ring (bicyclic) bond motifs is 2. The molecule has 2 atom stereocenters. The number of pyridine rings is 1. The molecule has 0 unspecified atom stereocenters. The summed E-state index contributed by atoms with van der Waals surface area (Å²) in [7, 11) is 0. The summed E-state index contributed by atoms with van der Waals surface area (Å²) >= 11 is 0. The maximum absolute atomic E-state index is 12.6. The first-order valence-corrected chi connectivity index (χ1v) is 7.34. The Bertz CT molecular complexity index is 761. The lowest BCUT2D eigenvalue weighted by molar-refractivity contribution is 0.0780. The molecule has 0 aliphatic carbocycles. The van der Waals surface area contributed by atoms with Crippen LogP contribution in [-0.4, -0.2) is 42.0 Å². The lowest BCUT2D eigenvalue weighted by Gasteiger charge is -2.17. The fourth-order valence-corrected chi connectivity index (χ4v) is 3.50. The van der Waals surface area contributed by atoms with Gasteiger partial charge in [-0.25, -0.2) is 0 Å². The van der Waals surface area contributed by atoms with Gasteiger partial charge in [0.1, 0.15) is 5.56 Å². The maximum atomic E-state index is 12.6. The number of rotatable bonds is 1. The summed E-state index contributed by atoms with van der Waals surface area (Å²) in [5.74, 6) is 0.929. The number of aromatic nitrogens is 1. The lowest BCUT2D eigenvalue weighted by atomic mass is 10.0. The molecule has 5 nitrogen and oxygen atoms in total. The van der Waals surface area contributed by atoms with Crippen molar-refractivity contribution in [3.05, 3.63) is 46.2 Å². The fourth-order valence-electron chi connectivity index (χ4n) is 3.50. The van der Waals surface area contributed by atoms with Gasteiger partial charge in [0.2, 0.25) is 0 Å². The maximum Gasteiger partial charge on any atom is 0.261 e. The number of carbonyl (C=O) groups excluding carboxylic acids is 1. The summed E-state index contributed by atoms with van der Waals surface area (Å²) in [6.07, 6.45) is 0. The molecule has 0 saturated carbocycles. The molecular formula is C16H18ClN3O2. The first-order chi connectivity index (χ1) is 10.2. The number of halogens is 1. The van der Waals surface area contributed by atoms with E-state index in [0.717, 1.165) is 37.1 Å². The van der Waals surface area contributed by atoms with Crippen LogP contribution in [0.5, 0.6) is 0 Å². The highest BCUT2D eigenvalue weighted by molar-refractivity contribution is 5.97. The molecule has 6 heteroatoms. The van der Waals surface area contributed by atoms with Gasteiger partial charge in [-0.2, -0.15) is 0 Å². The number of likely N-dealkylation sites (tertiary alicyclic amines) is 1. The number of hydrogen-bond acceptors (Lipinski definition) is 3. The van der Waals surface area contributed by atoms with Crippen molar-refractivity contribution in [1.82, 2.24) is 15.2 Å². The van der Waals surface area contributed by atoms with Gasteiger partial charge in [-0.05, 0) is 29.4 Å². The largest absolute Gasteiger partial charge is 0.338 e. The number of para-hydroxylation sites is 1. The Morgan fingerprint density at radius 3 is 2.55 bits per heavy atom. The van der Waals surface area contributed by atoms with Crippen LogP contribution < -0.4 is 10.9 Å². The topological polar surface area (TPSA) is 65.2 Å². The predicted octanol–water partition coefficient (Wildman–Crippen LogP) is 1.24. The highest BCUT2D eigenvalue weighted by atomic mass is 35.5. The molecular weight excluding hydrogens is 302 g/mol. The van der Waals surface area contributed by atoms with E-state index < -0.39 is 0 Å². The summed E-state index contributed by atoms with van der Waals surface area (Å²) in [6, 6.07) is 9.24. The molecule has 2 aromatic rings. The highest BCUT2D eigenvalue weighted by Crippen LogP contribution is 2.27. The molecule has 0 radical (unpaired) electrons. The zero-order valence-corrected chi connectivity index (χ0v) is 12.9. The van der Waals surface area contributed by atoms with E-state index >= 15 is 0 Å².